The molecule has 2 aromatic carbocycles. The van der Waals surface area contributed by atoms with Gasteiger partial charge in [-0.2, -0.15) is 0 Å². The lowest BCUT2D eigenvalue weighted by atomic mass is 9.98. The molecule has 1 N–H and O–H groups in total. The second kappa shape index (κ2) is 7.14. The predicted molar refractivity (Wildman–Crippen MR) is 90.9 cm³/mol. The van der Waals surface area contributed by atoms with Crippen molar-refractivity contribution in [3.8, 4) is 5.75 Å². The highest BCUT2D eigenvalue weighted by molar-refractivity contribution is 5.24. The van der Waals surface area contributed by atoms with Crippen LogP contribution >= 0.6 is 0 Å². The normalized spacial score (nSPS) is 16.8. The summed E-state index contributed by atoms with van der Waals surface area (Å²) in [5.74, 6) is 0.852. The van der Waals surface area contributed by atoms with Gasteiger partial charge in [-0.3, -0.25) is 5.32 Å². The minimum atomic E-state index is -0.386. The maximum absolute atomic E-state index is 13.4. The summed E-state index contributed by atoms with van der Waals surface area (Å²) in [6.45, 7) is 0. The van der Waals surface area contributed by atoms with Crippen LogP contribution in [0.15, 0.2) is 54.6 Å². The Morgan fingerprint density at radius 1 is 1.13 bits per heavy atom. The van der Waals surface area contributed by atoms with Gasteiger partial charge in [-0.25, -0.2) is 4.39 Å². The van der Waals surface area contributed by atoms with Gasteiger partial charge in [0.15, 0.2) is 5.72 Å². The van der Waals surface area contributed by atoms with E-state index in [1.807, 2.05) is 19.2 Å². The van der Waals surface area contributed by atoms with Crippen LogP contribution in [-0.4, -0.2) is 12.8 Å². The first kappa shape index (κ1) is 16.0. The fourth-order valence-electron chi connectivity index (χ4n) is 3.21. The molecule has 0 amide bonds. The van der Waals surface area contributed by atoms with Crippen LogP contribution in [0.2, 0.25) is 0 Å². The van der Waals surface area contributed by atoms with Crippen LogP contribution in [0.1, 0.15) is 31.2 Å². The molecule has 1 aliphatic carbocycles. The summed E-state index contributed by atoms with van der Waals surface area (Å²) in [5.41, 5.74) is 0.960. The molecule has 0 bridgehead atoms. The van der Waals surface area contributed by atoms with E-state index in [0.717, 1.165) is 19.3 Å². The Hall–Kier alpha value is -1.87. The average Bonchev–Trinajstić information content (AvgIpc) is 3.40. The van der Waals surface area contributed by atoms with E-state index in [1.54, 1.807) is 6.07 Å². The number of hydrogen-bond acceptors (Lipinski definition) is 2. The molecule has 0 spiro atoms. The van der Waals surface area contributed by atoms with Gasteiger partial charge in [0.1, 0.15) is 11.6 Å². The van der Waals surface area contributed by atoms with Gasteiger partial charge in [-0.15, -0.1) is 0 Å². The second-order valence-corrected chi connectivity index (χ2v) is 6.31. The maximum Gasteiger partial charge on any atom is 0.163 e. The van der Waals surface area contributed by atoms with Crippen molar-refractivity contribution >= 4 is 0 Å². The van der Waals surface area contributed by atoms with Crippen LogP contribution in [0.4, 0.5) is 4.39 Å². The van der Waals surface area contributed by atoms with Crippen molar-refractivity contribution in [1.29, 1.82) is 0 Å². The summed E-state index contributed by atoms with van der Waals surface area (Å²) in [5, 5.41) is 3.39. The smallest absolute Gasteiger partial charge is 0.163 e. The molecule has 3 heteroatoms. The minimum absolute atomic E-state index is 0.257. The van der Waals surface area contributed by atoms with Crippen molar-refractivity contribution in [2.45, 2.75) is 37.8 Å². The summed E-state index contributed by atoms with van der Waals surface area (Å²) in [4.78, 5) is 0. The van der Waals surface area contributed by atoms with Crippen LogP contribution in [-0.2, 0) is 6.42 Å². The standard InChI is InChI=1S/C20H24FNO/c1-22-20(17-12-13-17,23-19-11-5-10-18(21)15-19)14-6-9-16-7-3-2-4-8-16/h2-5,7-8,10-11,15,17,22H,6,9,12-14H2,1H3. The highest BCUT2D eigenvalue weighted by Crippen LogP contribution is 2.43. The first-order valence-corrected chi connectivity index (χ1v) is 8.39. The van der Waals surface area contributed by atoms with Gasteiger partial charge in [0.05, 0.1) is 0 Å². The molecule has 0 saturated heterocycles. The molecule has 0 aliphatic heterocycles. The summed E-state index contributed by atoms with van der Waals surface area (Å²) in [7, 11) is 1.94. The summed E-state index contributed by atoms with van der Waals surface area (Å²) >= 11 is 0. The van der Waals surface area contributed by atoms with E-state index >= 15 is 0 Å². The fraction of sp³-hybridized carbons (Fsp3) is 0.400. The van der Waals surface area contributed by atoms with Gasteiger partial charge in [-0.1, -0.05) is 36.4 Å². The minimum Gasteiger partial charge on any atom is -0.472 e. The van der Waals surface area contributed by atoms with Gasteiger partial charge in [0, 0.05) is 18.4 Å². The lowest BCUT2D eigenvalue weighted by molar-refractivity contribution is 0.00730. The van der Waals surface area contributed by atoms with Crippen LogP contribution in [0.25, 0.3) is 0 Å². The maximum atomic E-state index is 13.4. The van der Waals surface area contributed by atoms with Gasteiger partial charge in [0.25, 0.3) is 0 Å². The second-order valence-electron chi connectivity index (χ2n) is 6.31. The molecule has 1 fully saturated rings. The predicted octanol–water partition coefficient (Wildman–Crippen LogP) is 4.55. The van der Waals surface area contributed by atoms with E-state index in [0.29, 0.717) is 11.7 Å². The van der Waals surface area contributed by atoms with E-state index < -0.39 is 0 Å². The number of halogens is 1. The van der Waals surface area contributed by atoms with E-state index in [2.05, 4.69) is 29.6 Å². The molecule has 1 unspecified atom stereocenters. The quantitative estimate of drug-likeness (QED) is 0.722. The number of ether oxygens (including phenoxy) is 1. The Kier molecular flexibility index (Phi) is 4.97. The fourth-order valence-corrected chi connectivity index (χ4v) is 3.21. The van der Waals surface area contributed by atoms with Gasteiger partial charge < -0.3 is 4.74 Å². The van der Waals surface area contributed by atoms with E-state index in [4.69, 9.17) is 4.74 Å². The lowest BCUT2D eigenvalue weighted by Gasteiger charge is -2.35. The summed E-state index contributed by atoms with van der Waals surface area (Å²) in [6, 6.07) is 16.9. The summed E-state index contributed by atoms with van der Waals surface area (Å²) in [6.07, 6.45) is 5.32. The average molecular weight is 313 g/mol. The molecular weight excluding hydrogens is 289 g/mol. The van der Waals surface area contributed by atoms with E-state index in [1.165, 1.54) is 30.5 Å². The zero-order chi connectivity index (χ0) is 16.1. The van der Waals surface area contributed by atoms with Crippen molar-refractivity contribution in [2.75, 3.05) is 7.05 Å². The van der Waals surface area contributed by atoms with E-state index in [-0.39, 0.29) is 11.5 Å². The van der Waals surface area contributed by atoms with Crippen LogP contribution in [0, 0.1) is 11.7 Å². The van der Waals surface area contributed by atoms with Gasteiger partial charge in [0.2, 0.25) is 0 Å². The Balaban J connectivity index is 1.67. The first-order valence-electron chi connectivity index (χ1n) is 8.39. The zero-order valence-corrected chi connectivity index (χ0v) is 13.6. The monoisotopic (exact) mass is 313 g/mol. The number of nitrogens with one attached hydrogen (secondary N) is 1. The Bertz CT molecular complexity index is 627. The molecule has 0 radical (unpaired) electrons. The Morgan fingerprint density at radius 2 is 1.91 bits per heavy atom. The van der Waals surface area contributed by atoms with Crippen LogP contribution in [0.5, 0.6) is 5.75 Å². The third-order valence-electron chi connectivity index (χ3n) is 4.61. The molecule has 1 atom stereocenters. The number of aryl methyl sites for hydroxylation is 1. The Morgan fingerprint density at radius 3 is 2.57 bits per heavy atom. The number of hydrogen-bond donors (Lipinski definition) is 1. The van der Waals surface area contributed by atoms with Crippen LogP contribution in [0.3, 0.4) is 0 Å². The molecule has 0 heterocycles. The van der Waals surface area contributed by atoms with Gasteiger partial charge in [-0.05, 0) is 50.4 Å². The topological polar surface area (TPSA) is 21.3 Å². The first-order chi connectivity index (χ1) is 11.2. The molecule has 2 aromatic rings. The Labute approximate surface area is 137 Å². The molecular formula is C20H24FNO. The van der Waals surface area contributed by atoms with Crippen molar-refractivity contribution < 1.29 is 9.13 Å². The molecule has 1 aliphatic rings. The summed E-state index contributed by atoms with van der Waals surface area (Å²) < 4.78 is 19.7. The van der Waals surface area contributed by atoms with E-state index in [9.17, 15) is 4.39 Å². The molecule has 122 valence electrons. The van der Waals surface area contributed by atoms with Crippen molar-refractivity contribution in [3.63, 3.8) is 0 Å². The lowest BCUT2D eigenvalue weighted by Crippen LogP contribution is -2.50. The van der Waals surface area contributed by atoms with Crippen molar-refractivity contribution in [2.24, 2.45) is 5.92 Å². The SMILES string of the molecule is CNC(CCCc1ccccc1)(Oc1cccc(F)c1)C1CC1. The highest BCUT2D eigenvalue weighted by Gasteiger charge is 2.46. The van der Waals surface area contributed by atoms with Gasteiger partial charge >= 0.3 is 0 Å². The molecule has 3 rings (SSSR count). The zero-order valence-electron chi connectivity index (χ0n) is 13.6. The molecule has 2 nitrogen and oxygen atoms in total. The largest absolute Gasteiger partial charge is 0.472 e. The molecule has 0 aromatic heterocycles. The third kappa shape index (κ3) is 4.11. The third-order valence-corrected chi connectivity index (χ3v) is 4.61. The van der Waals surface area contributed by atoms with Crippen molar-refractivity contribution in [1.82, 2.24) is 5.32 Å². The molecule has 23 heavy (non-hydrogen) atoms. The van der Waals surface area contributed by atoms with Crippen LogP contribution < -0.4 is 10.1 Å². The number of benzene rings is 2. The number of rotatable bonds is 8. The van der Waals surface area contributed by atoms with Crippen molar-refractivity contribution in [3.05, 3.63) is 66.0 Å². The highest BCUT2D eigenvalue weighted by atomic mass is 19.1. The molecule has 1 saturated carbocycles.